The van der Waals surface area contributed by atoms with E-state index >= 15 is 0 Å². The number of aliphatic hydroxyl groups is 1. The number of carbonyl (C=O) groups is 1. The third kappa shape index (κ3) is 2.81. The maximum absolute atomic E-state index is 11.9. The van der Waals surface area contributed by atoms with Crippen LogP contribution in [0.4, 0.5) is 10.5 Å². The van der Waals surface area contributed by atoms with Crippen molar-refractivity contribution in [2.24, 2.45) is 5.92 Å². The Labute approximate surface area is 113 Å². The van der Waals surface area contributed by atoms with Gasteiger partial charge in [0.2, 0.25) is 0 Å². The fourth-order valence-electron chi connectivity index (χ4n) is 2.00. The third-order valence-corrected chi connectivity index (χ3v) is 3.63. The zero-order chi connectivity index (χ0) is 14.0. The van der Waals surface area contributed by atoms with Crippen LogP contribution >= 0.6 is 0 Å². The standard InChI is InChI=1S/C14H20N2O3/c1-10(2)14(18)8-16(9-14)13(17)15-11-4-6-12(19-3)7-5-11/h4-7,10,18H,8-9H2,1-3H3,(H,15,17). The molecule has 2 amide bonds. The van der Waals surface area contributed by atoms with Gasteiger partial charge in [0, 0.05) is 5.69 Å². The number of likely N-dealkylation sites (tertiary alicyclic amines) is 1. The highest BCUT2D eigenvalue weighted by Crippen LogP contribution is 2.29. The summed E-state index contributed by atoms with van der Waals surface area (Å²) in [7, 11) is 1.60. The maximum Gasteiger partial charge on any atom is 0.322 e. The average Bonchev–Trinajstić information content (AvgIpc) is 2.35. The molecular formula is C14H20N2O3. The second-order valence-corrected chi connectivity index (χ2v) is 5.27. The number of benzene rings is 1. The molecule has 0 spiro atoms. The number of carbonyl (C=O) groups excluding carboxylic acids is 1. The molecule has 0 unspecified atom stereocenters. The number of nitrogens with zero attached hydrogens (tertiary/aromatic N) is 1. The van der Waals surface area contributed by atoms with Crippen molar-refractivity contribution in [3.8, 4) is 5.75 Å². The van der Waals surface area contributed by atoms with Crippen LogP contribution in [0.15, 0.2) is 24.3 Å². The molecule has 19 heavy (non-hydrogen) atoms. The second-order valence-electron chi connectivity index (χ2n) is 5.27. The molecule has 1 fully saturated rings. The molecule has 1 aromatic rings. The lowest BCUT2D eigenvalue weighted by Crippen LogP contribution is -2.66. The van der Waals surface area contributed by atoms with Gasteiger partial charge in [0.15, 0.2) is 0 Å². The minimum absolute atomic E-state index is 0.150. The van der Waals surface area contributed by atoms with Crippen molar-refractivity contribution in [1.29, 1.82) is 0 Å². The lowest BCUT2D eigenvalue weighted by atomic mass is 9.83. The molecule has 1 heterocycles. The van der Waals surface area contributed by atoms with Gasteiger partial charge >= 0.3 is 6.03 Å². The van der Waals surface area contributed by atoms with E-state index in [1.807, 2.05) is 13.8 Å². The van der Waals surface area contributed by atoms with Gasteiger partial charge in [-0.3, -0.25) is 0 Å². The predicted molar refractivity (Wildman–Crippen MR) is 73.4 cm³/mol. The van der Waals surface area contributed by atoms with Gasteiger partial charge < -0.3 is 20.1 Å². The summed E-state index contributed by atoms with van der Waals surface area (Å²) in [6.45, 7) is 4.68. The maximum atomic E-state index is 11.9. The summed E-state index contributed by atoms with van der Waals surface area (Å²) >= 11 is 0. The van der Waals surface area contributed by atoms with Crippen LogP contribution in [-0.4, -0.2) is 41.8 Å². The highest BCUT2D eigenvalue weighted by Gasteiger charge is 2.45. The minimum Gasteiger partial charge on any atom is -0.497 e. The van der Waals surface area contributed by atoms with Crippen LogP contribution in [0.25, 0.3) is 0 Å². The SMILES string of the molecule is COc1ccc(NC(=O)N2CC(O)(C(C)C)C2)cc1. The lowest BCUT2D eigenvalue weighted by molar-refractivity contribution is -0.105. The lowest BCUT2D eigenvalue weighted by Gasteiger charge is -2.48. The minimum atomic E-state index is -0.739. The van der Waals surface area contributed by atoms with Crippen LogP contribution in [-0.2, 0) is 0 Å². The van der Waals surface area contributed by atoms with Crippen molar-refractivity contribution in [3.63, 3.8) is 0 Å². The second kappa shape index (κ2) is 5.09. The Morgan fingerprint density at radius 1 is 1.37 bits per heavy atom. The normalized spacial score (nSPS) is 17.0. The zero-order valence-electron chi connectivity index (χ0n) is 11.5. The molecule has 1 aliphatic heterocycles. The number of rotatable bonds is 3. The van der Waals surface area contributed by atoms with Crippen LogP contribution in [0.5, 0.6) is 5.75 Å². The highest BCUT2D eigenvalue weighted by molar-refractivity contribution is 5.90. The van der Waals surface area contributed by atoms with Crippen LogP contribution in [0, 0.1) is 5.92 Å². The van der Waals surface area contributed by atoms with Crippen molar-refractivity contribution < 1.29 is 14.6 Å². The summed E-state index contributed by atoms with van der Waals surface area (Å²) in [5, 5.41) is 12.9. The van der Waals surface area contributed by atoms with Crippen molar-refractivity contribution in [1.82, 2.24) is 4.90 Å². The number of methoxy groups -OCH3 is 1. The first-order valence-electron chi connectivity index (χ1n) is 6.37. The van der Waals surface area contributed by atoms with E-state index in [-0.39, 0.29) is 11.9 Å². The number of amides is 2. The van der Waals surface area contributed by atoms with Gasteiger partial charge in [-0.2, -0.15) is 0 Å². The molecule has 2 N–H and O–H groups in total. The first-order valence-corrected chi connectivity index (χ1v) is 6.37. The molecule has 0 atom stereocenters. The first-order chi connectivity index (χ1) is 8.94. The summed E-state index contributed by atoms with van der Waals surface area (Å²) in [5.74, 6) is 0.897. The molecular weight excluding hydrogens is 244 g/mol. The van der Waals surface area contributed by atoms with Gasteiger partial charge in [-0.25, -0.2) is 4.79 Å². The number of urea groups is 1. The van der Waals surface area contributed by atoms with Gasteiger partial charge in [-0.1, -0.05) is 13.8 Å². The van der Waals surface area contributed by atoms with Gasteiger partial charge in [-0.05, 0) is 30.2 Å². The first kappa shape index (κ1) is 13.7. The van der Waals surface area contributed by atoms with E-state index in [1.54, 1.807) is 36.3 Å². The molecule has 104 valence electrons. The molecule has 0 saturated carbocycles. The van der Waals surface area contributed by atoms with Crippen LogP contribution in [0.1, 0.15) is 13.8 Å². The molecule has 5 heteroatoms. The summed E-state index contributed by atoms with van der Waals surface area (Å²) in [6.07, 6.45) is 0. The molecule has 1 aliphatic rings. The van der Waals surface area contributed by atoms with Crippen molar-refractivity contribution in [3.05, 3.63) is 24.3 Å². The zero-order valence-corrected chi connectivity index (χ0v) is 11.5. The molecule has 1 aromatic carbocycles. The molecule has 0 aliphatic carbocycles. The smallest absolute Gasteiger partial charge is 0.322 e. The quantitative estimate of drug-likeness (QED) is 0.877. The van der Waals surface area contributed by atoms with E-state index in [1.165, 1.54) is 0 Å². The Balaban J connectivity index is 1.89. The van der Waals surface area contributed by atoms with E-state index in [0.717, 1.165) is 5.75 Å². The average molecular weight is 264 g/mol. The van der Waals surface area contributed by atoms with Crippen LogP contribution in [0.2, 0.25) is 0 Å². The van der Waals surface area contributed by atoms with Gasteiger partial charge in [0.05, 0.1) is 20.2 Å². The summed E-state index contributed by atoms with van der Waals surface area (Å²) in [4.78, 5) is 13.5. The molecule has 1 saturated heterocycles. The van der Waals surface area contributed by atoms with E-state index in [4.69, 9.17) is 4.74 Å². The van der Waals surface area contributed by atoms with E-state index < -0.39 is 5.60 Å². The summed E-state index contributed by atoms with van der Waals surface area (Å²) in [5.41, 5.74) is -0.0251. The Kier molecular flexibility index (Phi) is 3.66. The Morgan fingerprint density at radius 3 is 2.42 bits per heavy atom. The van der Waals surface area contributed by atoms with E-state index in [9.17, 15) is 9.90 Å². The van der Waals surface area contributed by atoms with Crippen LogP contribution in [0.3, 0.4) is 0 Å². The van der Waals surface area contributed by atoms with E-state index in [0.29, 0.717) is 18.8 Å². The van der Waals surface area contributed by atoms with Crippen molar-refractivity contribution in [2.45, 2.75) is 19.4 Å². The topological polar surface area (TPSA) is 61.8 Å². The molecule has 0 aromatic heterocycles. The number of hydrogen-bond donors (Lipinski definition) is 2. The number of anilines is 1. The Morgan fingerprint density at radius 2 is 1.95 bits per heavy atom. The van der Waals surface area contributed by atoms with E-state index in [2.05, 4.69) is 5.32 Å². The fourth-order valence-corrected chi connectivity index (χ4v) is 2.00. The van der Waals surface area contributed by atoms with Crippen molar-refractivity contribution in [2.75, 3.05) is 25.5 Å². The van der Waals surface area contributed by atoms with Gasteiger partial charge in [0.25, 0.3) is 0 Å². The fraction of sp³-hybridized carbons (Fsp3) is 0.500. The molecule has 0 radical (unpaired) electrons. The summed E-state index contributed by atoms with van der Waals surface area (Å²) in [6, 6.07) is 6.96. The van der Waals surface area contributed by atoms with Crippen LogP contribution < -0.4 is 10.1 Å². The molecule has 5 nitrogen and oxygen atoms in total. The number of hydrogen-bond acceptors (Lipinski definition) is 3. The predicted octanol–water partition coefficient (Wildman–Crippen LogP) is 1.93. The van der Waals surface area contributed by atoms with Crippen molar-refractivity contribution >= 4 is 11.7 Å². The largest absolute Gasteiger partial charge is 0.497 e. The monoisotopic (exact) mass is 264 g/mol. The van der Waals surface area contributed by atoms with Gasteiger partial charge in [-0.15, -0.1) is 0 Å². The van der Waals surface area contributed by atoms with Gasteiger partial charge in [0.1, 0.15) is 11.4 Å². The number of ether oxygens (including phenoxy) is 1. The number of β-amino-alcohol motifs (C(OH)–C–C–N with tert-alkyl or cyclic N) is 1. The molecule has 2 rings (SSSR count). The summed E-state index contributed by atoms with van der Waals surface area (Å²) < 4.78 is 5.05. The Bertz CT molecular complexity index is 450. The Hall–Kier alpha value is -1.75. The highest BCUT2D eigenvalue weighted by atomic mass is 16.5. The number of nitrogens with one attached hydrogen (secondary N) is 1. The third-order valence-electron chi connectivity index (χ3n) is 3.63. The molecule has 0 bridgehead atoms.